The predicted octanol–water partition coefficient (Wildman–Crippen LogP) is 3.10. The molecule has 4 rings (SSSR count). The Morgan fingerprint density at radius 3 is 2.84 bits per heavy atom. The van der Waals surface area contributed by atoms with Crippen LogP contribution in [0, 0.1) is 5.92 Å². The topological polar surface area (TPSA) is 84.0 Å². The first kappa shape index (κ1) is 21.0. The smallest absolute Gasteiger partial charge is 0.224 e. The lowest BCUT2D eigenvalue weighted by Crippen LogP contribution is -2.39. The molecule has 0 spiro atoms. The third kappa shape index (κ3) is 6.13. The molecule has 1 saturated carbocycles. The number of rotatable bonds is 9. The molecule has 1 heterocycles. The molecule has 1 aliphatic heterocycles. The number of hydrogen-bond donors (Lipinski definition) is 3. The predicted molar refractivity (Wildman–Crippen MR) is 122 cm³/mol. The first-order valence-corrected chi connectivity index (χ1v) is 10.9. The van der Waals surface area contributed by atoms with Crippen LogP contribution in [0.5, 0.6) is 11.5 Å². The van der Waals surface area contributed by atoms with Crippen molar-refractivity contribution in [2.45, 2.75) is 32.2 Å². The Hall–Kier alpha value is -3.22. The second-order valence-electron chi connectivity index (χ2n) is 7.93. The third-order valence-corrected chi connectivity index (χ3v) is 5.45. The summed E-state index contributed by atoms with van der Waals surface area (Å²) in [5.74, 6) is 3.25. The molecule has 0 atom stereocenters. The van der Waals surface area contributed by atoms with Crippen molar-refractivity contribution in [1.29, 1.82) is 0 Å². The molecule has 2 aliphatic rings. The van der Waals surface area contributed by atoms with E-state index in [4.69, 9.17) is 9.47 Å². The Balaban J connectivity index is 1.20. The number of nitrogens with zero attached hydrogens (tertiary/aromatic N) is 1. The molecule has 164 valence electrons. The molecule has 1 amide bonds. The zero-order chi connectivity index (χ0) is 21.5. The normalized spacial score (nSPS) is 15.6. The van der Waals surface area contributed by atoms with Crippen molar-refractivity contribution in [3.8, 4) is 11.5 Å². The zero-order valence-corrected chi connectivity index (χ0v) is 17.9. The van der Waals surface area contributed by atoms with Crippen molar-refractivity contribution in [2.24, 2.45) is 10.9 Å². The molecule has 7 nitrogen and oxygen atoms in total. The lowest BCUT2D eigenvalue weighted by molar-refractivity contribution is -0.116. The second kappa shape index (κ2) is 10.2. The number of carbonyl (C=O) groups excluding carboxylic acids is 1. The molecule has 0 radical (unpaired) electrons. The number of aryl methyl sites for hydroxylation is 1. The van der Waals surface area contributed by atoms with E-state index >= 15 is 0 Å². The maximum atomic E-state index is 11.5. The van der Waals surface area contributed by atoms with Crippen LogP contribution in [-0.4, -0.2) is 38.7 Å². The van der Waals surface area contributed by atoms with Gasteiger partial charge >= 0.3 is 0 Å². The second-order valence-corrected chi connectivity index (χ2v) is 7.93. The van der Waals surface area contributed by atoms with Gasteiger partial charge in [0.05, 0.1) is 13.2 Å². The maximum absolute atomic E-state index is 11.5. The summed E-state index contributed by atoms with van der Waals surface area (Å²) in [6, 6.07) is 13.9. The molecule has 0 saturated heterocycles. The quantitative estimate of drug-likeness (QED) is 0.329. The molecule has 31 heavy (non-hydrogen) atoms. The number of nitrogens with one attached hydrogen (secondary N) is 3. The van der Waals surface area contributed by atoms with E-state index in [1.807, 2.05) is 36.4 Å². The van der Waals surface area contributed by atoms with Gasteiger partial charge in [-0.25, -0.2) is 0 Å². The molecule has 0 aromatic heterocycles. The lowest BCUT2D eigenvalue weighted by atomic mass is 10.0. The lowest BCUT2D eigenvalue weighted by Gasteiger charge is -2.18. The minimum Gasteiger partial charge on any atom is -0.493 e. The Morgan fingerprint density at radius 2 is 2.00 bits per heavy atom. The summed E-state index contributed by atoms with van der Waals surface area (Å²) < 4.78 is 11.8. The van der Waals surface area contributed by atoms with Crippen LogP contribution >= 0.6 is 0 Å². The number of amides is 1. The fourth-order valence-corrected chi connectivity index (χ4v) is 3.47. The summed E-state index contributed by atoms with van der Waals surface area (Å²) in [4.78, 5) is 15.7. The third-order valence-electron chi connectivity index (χ3n) is 5.45. The SMILES string of the molecule is CN=C(NCCOc1ccc2c(c1)CCC(=O)N2)NCc1ccccc1OCC1CC1. The van der Waals surface area contributed by atoms with Crippen LogP contribution in [0.15, 0.2) is 47.5 Å². The van der Waals surface area contributed by atoms with Gasteiger partial charge in [-0.1, -0.05) is 18.2 Å². The molecule has 1 aliphatic carbocycles. The largest absolute Gasteiger partial charge is 0.493 e. The first-order valence-electron chi connectivity index (χ1n) is 10.9. The Kier molecular flexibility index (Phi) is 6.92. The van der Waals surface area contributed by atoms with E-state index < -0.39 is 0 Å². The van der Waals surface area contributed by atoms with Crippen molar-refractivity contribution in [1.82, 2.24) is 10.6 Å². The number of ether oxygens (including phenoxy) is 2. The first-order chi connectivity index (χ1) is 15.2. The summed E-state index contributed by atoms with van der Waals surface area (Å²) in [6.07, 6.45) is 3.83. The molecular formula is C24H30N4O3. The molecule has 2 aromatic carbocycles. The fourth-order valence-electron chi connectivity index (χ4n) is 3.47. The van der Waals surface area contributed by atoms with Crippen LogP contribution in [0.1, 0.15) is 30.4 Å². The van der Waals surface area contributed by atoms with Crippen LogP contribution in [0.4, 0.5) is 5.69 Å². The van der Waals surface area contributed by atoms with Gasteiger partial charge in [0.2, 0.25) is 5.91 Å². The number of fused-ring (bicyclic) bond motifs is 1. The highest BCUT2D eigenvalue weighted by Crippen LogP contribution is 2.30. The molecular weight excluding hydrogens is 392 g/mol. The minimum absolute atomic E-state index is 0.0707. The number of aliphatic imine (C=N–C) groups is 1. The summed E-state index contributed by atoms with van der Waals surface area (Å²) >= 11 is 0. The van der Waals surface area contributed by atoms with Gasteiger partial charge in [0.25, 0.3) is 0 Å². The standard InChI is InChI=1S/C24H30N4O3/c1-25-24(27-15-19-4-2-3-5-22(19)31-16-17-6-7-17)26-12-13-30-20-9-10-21-18(14-20)8-11-23(29)28-21/h2-5,9-10,14,17H,6-8,11-13,15-16H2,1H3,(H,28,29)(H2,25,26,27). The molecule has 1 fully saturated rings. The number of benzene rings is 2. The fraction of sp³-hybridized carbons (Fsp3) is 0.417. The molecule has 0 bridgehead atoms. The van der Waals surface area contributed by atoms with Gasteiger partial charge in [-0.05, 0) is 55.0 Å². The van der Waals surface area contributed by atoms with Gasteiger partial charge in [0.15, 0.2) is 5.96 Å². The van der Waals surface area contributed by atoms with Crippen molar-refractivity contribution >= 4 is 17.6 Å². The Morgan fingerprint density at radius 1 is 1.13 bits per heavy atom. The van der Waals surface area contributed by atoms with E-state index in [2.05, 4.69) is 27.0 Å². The highest BCUT2D eigenvalue weighted by atomic mass is 16.5. The summed E-state index contributed by atoms with van der Waals surface area (Å²) in [6.45, 7) is 2.56. The van der Waals surface area contributed by atoms with Gasteiger partial charge in [-0.15, -0.1) is 0 Å². The van der Waals surface area contributed by atoms with Gasteiger partial charge in [-0.3, -0.25) is 9.79 Å². The van der Waals surface area contributed by atoms with Crippen molar-refractivity contribution in [2.75, 3.05) is 32.1 Å². The number of para-hydroxylation sites is 1. The van der Waals surface area contributed by atoms with E-state index in [9.17, 15) is 4.79 Å². The Bertz CT molecular complexity index is 940. The number of hydrogen-bond acceptors (Lipinski definition) is 4. The molecule has 2 aromatic rings. The van der Waals surface area contributed by atoms with Gasteiger partial charge in [0.1, 0.15) is 18.1 Å². The summed E-state index contributed by atoms with van der Waals surface area (Å²) in [7, 11) is 1.75. The van der Waals surface area contributed by atoms with Crippen LogP contribution in [0.2, 0.25) is 0 Å². The minimum atomic E-state index is 0.0707. The van der Waals surface area contributed by atoms with Crippen molar-refractivity contribution in [3.63, 3.8) is 0 Å². The summed E-state index contributed by atoms with van der Waals surface area (Å²) in [5.41, 5.74) is 3.11. The van der Waals surface area contributed by atoms with Crippen LogP contribution in [0.3, 0.4) is 0 Å². The number of carbonyl (C=O) groups is 1. The van der Waals surface area contributed by atoms with E-state index in [1.165, 1.54) is 12.8 Å². The number of anilines is 1. The van der Waals surface area contributed by atoms with Crippen LogP contribution in [0.25, 0.3) is 0 Å². The average molecular weight is 423 g/mol. The van der Waals surface area contributed by atoms with Gasteiger partial charge < -0.3 is 25.4 Å². The monoisotopic (exact) mass is 422 g/mol. The van der Waals surface area contributed by atoms with Gasteiger partial charge in [0, 0.05) is 31.3 Å². The van der Waals surface area contributed by atoms with E-state index in [0.717, 1.165) is 47.3 Å². The van der Waals surface area contributed by atoms with E-state index in [-0.39, 0.29) is 5.91 Å². The van der Waals surface area contributed by atoms with Crippen molar-refractivity contribution in [3.05, 3.63) is 53.6 Å². The maximum Gasteiger partial charge on any atom is 0.224 e. The van der Waals surface area contributed by atoms with Crippen LogP contribution < -0.4 is 25.4 Å². The van der Waals surface area contributed by atoms with E-state index in [1.54, 1.807) is 7.05 Å². The zero-order valence-electron chi connectivity index (χ0n) is 17.9. The van der Waals surface area contributed by atoms with E-state index in [0.29, 0.717) is 32.1 Å². The highest BCUT2D eigenvalue weighted by Gasteiger charge is 2.22. The van der Waals surface area contributed by atoms with Gasteiger partial charge in [-0.2, -0.15) is 0 Å². The highest BCUT2D eigenvalue weighted by molar-refractivity contribution is 5.94. The number of guanidine groups is 1. The van der Waals surface area contributed by atoms with Crippen LogP contribution in [-0.2, 0) is 17.8 Å². The molecule has 0 unspecified atom stereocenters. The average Bonchev–Trinajstić information content (AvgIpc) is 3.62. The van der Waals surface area contributed by atoms with Crippen molar-refractivity contribution < 1.29 is 14.3 Å². The summed E-state index contributed by atoms with van der Waals surface area (Å²) in [5, 5.41) is 9.49. The Labute approximate surface area is 183 Å². The molecule has 7 heteroatoms. The molecule has 3 N–H and O–H groups in total.